The minimum atomic E-state index is 0.714. The smallest absolute Gasteiger partial charge is 0.178 e. The maximum absolute atomic E-state index is 4.36. The molecule has 2 heterocycles. The summed E-state index contributed by atoms with van der Waals surface area (Å²) in [5.41, 5.74) is 2.58. The fraction of sp³-hybridized carbons (Fsp3) is 0.125. The lowest BCUT2D eigenvalue weighted by atomic mass is 10.4. The molecule has 4 heteroatoms. The monoisotopic (exact) mass is 271 g/mol. The summed E-state index contributed by atoms with van der Waals surface area (Å²) in [5.74, 6) is 0. The number of nitrogens with zero attached hydrogens (tertiary/aromatic N) is 3. The van der Waals surface area contributed by atoms with Crippen molar-refractivity contribution >= 4 is 33.8 Å². The maximum atomic E-state index is 4.36. The van der Waals surface area contributed by atoms with Gasteiger partial charge in [-0.2, -0.15) is 0 Å². The van der Waals surface area contributed by atoms with Gasteiger partial charge in [0.25, 0.3) is 0 Å². The number of pyridine rings is 1. The molecular weight excluding hydrogens is 265 g/mol. The van der Waals surface area contributed by atoms with E-state index in [-0.39, 0.29) is 0 Å². The van der Waals surface area contributed by atoms with Gasteiger partial charge in [0.2, 0.25) is 0 Å². The SMILES string of the molecule is ICc1cnc2ncccc2n1. The van der Waals surface area contributed by atoms with E-state index in [2.05, 4.69) is 37.5 Å². The Morgan fingerprint density at radius 3 is 3.08 bits per heavy atom. The van der Waals surface area contributed by atoms with E-state index < -0.39 is 0 Å². The number of aromatic nitrogens is 3. The van der Waals surface area contributed by atoms with Crippen molar-refractivity contribution in [2.75, 3.05) is 0 Å². The van der Waals surface area contributed by atoms with Gasteiger partial charge in [0, 0.05) is 10.6 Å². The van der Waals surface area contributed by atoms with Crippen LogP contribution in [-0.4, -0.2) is 15.0 Å². The first-order chi connectivity index (χ1) is 5.90. The second kappa shape index (κ2) is 3.30. The summed E-state index contributed by atoms with van der Waals surface area (Å²) in [4.78, 5) is 12.6. The fourth-order valence-electron chi connectivity index (χ4n) is 0.959. The number of alkyl halides is 1. The summed E-state index contributed by atoms with van der Waals surface area (Å²) < 4.78 is 0.885. The van der Waals surface area contributed by atoms with Gasteiger partial charge in [-0.1, -0.05) is 22.6 Å². The van der Waals surface area contributed by atoms with Crippen LogP contribution >= 0.6 is 22.6 Å². The topological polar surface area (TPSA) is 38.7 Å². The first kappa shape index (κ1) is 7.85. The van der Waals surface area contributed by atoms with Gasteiger partial charge in [0.15, 0.2) is 5.65 Å². The minimum Gasteiger partial charge on any atom is -0.247 e. The number of rotatable bonds is 1. The molecule has 0 saturated carbocycles. The Morgan fingerprint density at radius 2 is 2.25 bits per heavy atom. The lowest BCUT2D eigenvalue weighted by molar-refractivity contribution is 1.15. The van der Waals surface area contributed by atoms with Gasteiger partial charge in [-0.3, -0.25) is 0 Å². The molecule has 0 saturated heterocycles. The summed E-state index contributed by atoms with van der Waals surface area (Å²) in [6.45, 7) is 0. The van der Waals surface area contributed by atoms with Gasteiger partial charge >= 0.3 is 0 Å². The molecule has 0 radical (unpaired) electrons. The Kier molecular flexibility index (Phi) is 2.16. The molecule has 0 aromatic carbocycles. The van der Waals surface area contributed by atoms with Crippen LogP contribution in [0.5, 0.6) is 0 Å². The summed E-state index contributed by atoms with van der Waals surface area (Å²) >= 11 is 2.26. The standard InChI is InChI=1S/C8H6IN3/c9-4-6-5-11-8-7(12-6)2-1-3-10-8/h1-3,5H,4H2. The third kappa shape index (κ3) is 1.38. The molecule has 0 spiro atoms. The van der Waals surface area contributed by atoms with Crippen LogP contribution in [0.15, 0.2) is 24.5 Å². The Hall–Kier alpha value is -0.780. The van der Waals surface area contributed by atoms with E-state index in [9.17, 15) is 0 Å². The van der Waals surface area contributed by atoms with E-state index in [1.54, 1.807) is 12.4 Å². The van der Waals surface area contributed by atoms with Crippen molar-refractivity contribution in [2.24, 2.45) is 0 Å². The molecule has 0 unspecified atom stereocenters. The van der Waals surface area contributed by atoms with Crippen molar-refractivity contribution < 1.29 is 0 Å². The van der Waals surface area contributed by atoms with E-state index >= 15 is 0 Å². The molecule has 2 aromatic rings. The van der Waals surface area contributed by atoms with Crippen molar-refractivity contribution in [1.29, 1.82) is 0 Å². The largest absolute Gasteiger partial charge is 0.247 e. The highest BCUT2D eigenvalue weighted by atomic mass is 127. The molecule has 3 nitrogen and oxygen atoms in total. The van der Waals surface area contributed by atoms with Crippen molar-refractivity contribution in [3.8, 4) is 0 Å². The van der Waals surface area contributed by atoms with Crippen LogP contribution in [0.25, 0.3) is 11.2 Å². The van der Waals surface area contributed by atoms with Crippen molar-refractivity contribution in [1.82, 2.24) is 15.0 Å². The highest BCUT2D eigenvalue weighted by Crippen LogP contribution is 2.07. The molecule has 60 valence electrons. The first-order valence-electron chi connectivity index (χ1n) is 3.53. The van der Waals surface area contributed by atoms with E-state index in [0.29, 0.717) is 5.65 Å². The van der Waals surface area contributed by atoms with E-state index in [1.165, 1.54) is 0 Å². The van der Waals surface area contributed by atoms with Crippen molar-refractivity contribution in [3.05, 3.63) is 30.2 Å². The second-order valence-corrected chi connectivity index (χ2v) is 3.10. The van der Waals surface area contributed by atoms with Crippen LogP contribution < -0.4 is 0 Å². The average Bonchev–Trinajstić information content (AvgIpc) is 2.17. The third-order valence-electron chi connectivity index (χ3n) is 1.50. The predicted octanol–water partition coefficient (Wildman–Crippen LogP) is 1.96. The van der Waals surface area contributed by atoms with Gasteiger partial charge in [-0.05, 0) is 12.1 Å². The summed E-state index contributed by atoms with van der Waals surface area (Å²) in [6, 6.07) is 3.79. The van der Waals surface area contributed by atoms with Gasteiger partial charge in [0.05, 0.1) is 11.9 Å². The zero-order chi connectivity index (χ0) is 8.39. The summed E-state index contributed by atoms with van der Waals surface area (Å²) in [7, 11) is 0. The lowest BCUT2D eigenvalue weighted by Crippen LogP contribution is -1.90. The maximum Gasteiger partial charge on any atom is 0.178 e. The van der Waals surface area contributed by atoms with Crippen LogP contribution in [0, 0.1) is 0 Å². The highest BCUT2D eigenvalue weighted by Gasteiger charge is 1.97. The zero-order valence-electron chi connectivity index (χ0n) is 6.24. The normalized spacial score (nSPS) is 10.4. The Balaban J connectivity index is 2.67. The van der Waals surface area contributed by atoms with Crippen LogP contribution in [0.3, 0.4) is 0 Å². The van der Waals surface area contributed by atoms with Crippen molar-refractivity contribution in [3.63, 3.8) is 0 Å². The molecule has 2 rings (SSSR count). The number of hydrogen-bond donors (Lipinski definition) is 0. The molecule has 2 aromatic heterocycles. The molecular formula is C8H6IN3. The van der Waals surface area contributed by atoms with Gasteiger partial charge < -0.3 is 0 Å². The molecule has 0 aliphatic rings. The third-order valence-corrected chi connectivity index (χ3v) is 2.28. The van der Waals surface area contributed by atoms with Crippen LogP contribution in [0.2, 0.25) is 0 Å². The van der Waals surface area contributed by atoms with E-state index in [4.69, 9.17) is 0 Å². The zero-order valence-corrected chi connectivity index (χ0v) is 8.39. The first-order valence-corrected chi connectivity index (χ1v) is 5.05. The Labute approximate surface area is 83.4 Å². The number of fused-ring (bicyclic) bond motifs is 1. The van der Waals surface area contributed by atoms with Crippen LogP contribution in [0.1, 0.15) is 5.69 Å². The van der Waals surface area contributed by atoms with Crippen molar-refractivity contribution in [2.45, 2.75) is 4.43 Å². The van der Waals surface area contributed by atoms with Gasteiger partial charge in [0.1, 0.15) is 5.52 Å². The van der Waals surface area contributed by atoms with Gasteiger partial charge in [-0.15, -0.1) is 0 Å². The molecule has 12 heavy (non-hydrogen) atoms. The second-order valence-electron chi connectivity index (χ2n) is 2.34. The quantitative estimate of drug-likeness (QED) is 0.588. The Morgan fingerprint density at radius 1 is 1.33 bits per heavy atom. The Bertz CT molecular complexity index is 402. The molecule has 0 fully saturated rings. The molecule has 0 bridgehead atoms. The molecule has 0 atom stereocenters. The molecule has 0 aliphatic heterocycles. The molecule has 0 N–H and O–H groups in total. The molecule has 0 amide bonds. The van der Waals surface area contributed by atoms with Gasteiger partial charge in [-0.25, -0.2) is 15.0 Å². The number of halogens is 1. The van der Waals surface area contributed by atoms with E-state index in [0.717, 1.165) is 15.6 Å². The average molecular weight is 271 g/mol. The minimum absolute atomic E-state index is 0.714. The highest BCUT2D eigenvalue weighted by molar-refractivity contribution is 14.1. The molecule has 0 aliphatic carbocycles. The number of hydrogen-bond acceptors (Lipinski definition) is 3. The lowest BCUT2D eigenvalue weighted by Gasteiger charge is -1.96. The summed E-state index contributed by atoms with van der Waals surface area (Å²) in [5, 5.41) is 0. The van der Waals surface area contributed by atoms with E-state index in [1.807, 2.05) is 12.1 Å². The fourth-order valence-corrected chi connectivity index (χ4v) is 1.33. The summed E-state index contributed by atoms with van der Waals surface area (Å²) in [6.07, 6.45) is 3.49. The van der Waals surface area contributed by atoms with Crippen LogP contribution in [-0.2, 0) is 4.43 Å². The van der Waals surface area contributed by atoms with Crippen LogP contribution in [0.4, 0.5) is 0 Å². The predicted molar refractivity (Wildman–Crippen MR) is 55.1 cm³/mol.